The Morgan fingerprint density at radius 3 is 2.67 bits per heavy atom. The standard InChI is InChI=1S/C18H22N2O3S/c1-13-11-17(19-23-13)18-7-4-10-20(18)24(21,22)16-9-8-14-5-2-3-6-15(14)12-16/h8-9,11-12,18H,2-7,10H2,1H3/t18-/m1/s1. The molecule has 1 aliphatic carbocycles. The summed E-state index contributed by atoms with van der Waals surface area (Å²) in [5.74, 6) is 0.711. The second kappa shape index (κ2) is 6.01. The van der Waals surface area contributed by atoms with Crippen molar-refractivity contribution in [2.24, 2.45) is 0 Å². The summed E-state index contributed by atoms with van der Waals surface area (Å²) in [7, 11) is -3.51. The minimum absolute atomic E-state index is 0.219. The average molecular weight is 346 g/mol. The van der Waals surface area contributed by atoms with Gasteiger partial charge in [0, 0.05) is 12.6 Å². The molecule has 1 atom stereocenters. The lowest BCUT2D eigenvalue weighted by Gasteiger charge is -2.24. The van der Waals surface area contributed by atoms with Crippen LogP contribution < -0.4 is 0 Å². The molecule has 0 N–H and O–H groups in total. The van der Waals surface area contributed by atoms with E-state index in [4.69, 9.17) is 4.52 Å². The van der Waals surface area contributed by atoms with E-state index in [0.29, 0.717) is 22.9 Å². The Morgan fingerprint density at radius 2 is 1.92 bits per heavy atom. The summed E-state index contributed by atoms with van der Waals surface area (Å²) in [4.78, 5) is 0.412. The molecule has 5 nitrogen and oxygen atoms in total. The van der Waals surface area contributed by atoms with Gasteiger partial charge in [0.05, 0.1) is 10.9 Å². The van der Waals surface area contributed by atoms with Crippen LogP contribution in [0, 0.1) is 6.92 Å². The Kier molecular flexibility index (Phi) is 3.96. The van der Waals surface area contributed by atoms with E-state index in [1.807, 2.05) is 25.1 Å². The quantitative estimate of drug-likeness (QED) is 0.854. The fourth-order valence-electron chi connectivity index (χ4n) is 3.87. The molecule has 1 aromatic carbocycles. The summed E-state index contributed by atoms with van der Waals surface area (Å²) in [6.07, 6.45) is 6.00. The molecule has 1 aromatic heterocycles. The van der Waals surface area contributed by atoms with Crippen molar-refractivity contribution < 1.29 is 12.9 Å². The number of nitrogens with zero attached hydrogens (tertiary/aromatic N) is 2. The Hall–Kier alpha value is -1.66. The summed E-state index contributed by atoms with van der Waals surface area (Å²) in [6.45, 7) is 2.36. The van der Waals surface area contributed by atoms with Gasteiger partial charge in [-0.2, -0.15) is 4.31 Å². The number of aromatic nitrogens is 1. The van der Waals surface area contributed by atoms with Crippen LogP contribution in [0.25, 0.3) is 0 Å². The van der Waals surface area contributed by atoms with Gasteiger partial charge in [0.15, 0.2) is 0 Å². The molecule has 0 spiro atoms. The predicted octanol–water partition coefficient (Wildman–Crippen LogP) is 3.39. The molecule has 0 unspecified atom stereocenters. The third-order valence-corrected chi connectivity index (χ3v) is 7.02. The molecule has 0 bridgehead atoms. The van der Waals surface area contributed by atoms with Gasteiger partial charge >= 0.3 is 0 Å². The topological polar surface area (TPSA) is 63.4 Å². The Balaban J connectivity index is 1.69. The van der Waals surface area contributed by atoms with Gasteiger partial charge in [-0.1, -0.05) is 11.2 Å². The van der Waals surface area contributed by atoms with Crippen molar-refractivity contribution in [3.63, 3.8) is 0 Å². The SMILES string of the molecule is Cc1cc([C@H]2CCCN2S(=O)(=O)c2ccc3c(c2)CCCC3)no1. The monoisotopic (exact) mass is 346 g/mol. The Morgan fingerprint density at radius 1 is 1.12 bits per heavy atom. The third kappa shape index (κ3) is 2.67. The van der Waals surface area contributed by atoms with Crippen LogP contribution in [0.4, 0.5) is 0 Å². The van der Waals surface area contributed by atoms with Gasteiger partial charge in [0.25, 0.3) is 0 Å². The molecule has 1 fully saturated rings. The van der Waals surface area contributed by atoms with Crippen LogP contribution >= 0.6 is 0 Å². The summed E-state index contributed by atoms with van der Waals surface area (Å²) in [5.41, 5.74) is 3.20. The van der Waals surface area contributed by atoms with E-state index in [1.165, 1.54) is 17.5 Å². The van der Waals surface area contributed by atoms with E-state index in [0.717, 1.165) is 32.1 Å². The van der Waals surface area contributed by atoms with Crippen LogP contribution in [0.2, 0.25) is 0 Å². The number of hydrogen-bond donors (Lipinski definition) is 0. The smallest absolute Gasteiger partial charge is 0.243 e. The number of rotatable bonds is 3. The minimum atomic E-state index is -3.51. The van der Waals surface area contributed by atoms with Gasteiger partial charge in [-0.3, -0.25) is 0 Å². The van der Waals surface area contributed by atoms with Gasteiger partial charge in [0.1, 0.15) is 11.5 Å². The van der Waals surface area contributed by atoms with Crippen LogP contribution in [0.15, 0.2) is 33.7 Å². The van der Waals surface area contributed by atoms with Gasteiger partial charge < -0.3 is 4.52 Å². The summed E-state index contributed by atoms with van der Waals surface area (Å²) < 4.78 is 33.1. The molecule has 0 radical (unpaired) electrons. The van der Waals surface area contributed by atoms with Crippen molar-refractivity contribution in [2.45, 2.75) is 56.4 Å². The molecular weight excluding hydrogens is 324 g/mol. The van der Waals surface area contributed by atoms with Gasteiger partial charge in [-0.25, -0.2) is 8.42 Å². The first-order chi connectivity index (χ1) is 11.6. The van der Waals surface area contributed by atoms with E-state index >= 15 is 0 Å². The number of hydrogen-bond acceptors (Lipinski definition) is 4. The van der Waals surface area contributed by atoms with Gasteiger partial charge in [-0.15, -0.1) is 0 Å². The maximum atomic E-state index is 13.2. The largest absolute Gasteiger partial charge is 0.361 e. The molecule has 0 amide bonds. The second-order valence-corrected chi connectivity index (χ2v) is 8.66. The van der Waals surface area contributed by atoms with Crippen LogP contribution in [-0.4, -0.2) is 24.4 Å². The van der Waals surface area contributed by atoms with E-state index in [-0.39, 0.29) is 6.04 Å². The maximum absolute atomic E-state index is 13.2. The highest BCUT2D eigenvalue weighted by Crippen LogP contribution is 2.37. The van der Waals surface area contributed by atoms with E-state index in [1.54, 1.807) is 10.4 Å². The molecule has 1 saturated heterocycles. The van der Waals surface area contributed by atoms with E-state index < -0.39 is 10.0 Å². The van der Waals surface area contributed by atoms with Crippen molar-refractivity contribution in [3.8, 4) is 0 Å². The lowest BCUT2D eigenvalue weighted by Crippen LogP contribution is -2.31. The third-order valence-electron chi connectivity index (χ3n) is 5.12. The van der Waals surface area contributed by atoms with Crippen molar-refractivity contribution in [1.29, 1.82) is 0 Å². The average Bonchev–Trinajstić information content (AvgIpc) is 3.23. The number of fused-ring (bicyclic) bond motifs is 1. The summed E-state index contributed by atoms with van der Waals surface area (Å²) >= 11 is 0. The first-order valence-electron chi connectivity index (χ1n) is 8.62. The molecular formula is C18H22N2O3S. The van der Waals surface area contributed by atoms with Crippen LogP contribution in [0.3, 0.4) is 0 Å². The molecule has 128 valence electrons. The normalized spacial score (nSPS) is 21.8. The number of benzene rings is 1. The highest BCUT2D eigenvalue weighted by atomic mass is 32.2. The van der Waals surface area contributed by atoms with Crippen LogP contribution in [0.5, 0.6) is 0 Å². The van der Waals surface area contributed by atoms with Gasteiger partial charge in [-0.05, 0) is 68.7 Å². The first kappa shape index (κ1) is 15.8. The van der Waals surface area contributed by atoms with Crippen molar-refractivity contribution in [1.82, 2.24) is 9.46 Å². The molecule has 4 rings (SSSR count). The zero-order chi connectivity index (χ0) is 16.7. The fraction of sp³-hybridized carbons (Fsp3) is 0.500. The van der Waals surface area contributed by atoms with E-state index in [2.05, 4.69) is 5.16 Å². The van der Waals surface area contributed by atoms with Gasteiger partial charge in [0.2, 0.25) is 10.0 Å². The molecule has 24 heavy (non-hydrogen) atoms. The molecule has 2 aromatic rings. The Labute approximate surface area is 142 Å². The van der Waals surface area contributed by atoms with Crippen LogP contribution in [0.1, 0.15) is 54.3 Å². The lowest BCUT2D eigenvalue weighted by atomic mass is 9.92. The molecule has 1 aliphatic heterocycles. The molecule has 0 saturated carbocycles. The molecule has 6 heteroatoms. The first-order valence-corrected chi connectivity index (χ1v) is 10.1. The number of sulfonamides is 1. The lowest BCUT2D eigenvalue weighted by molar-refractivity contribution is 0.349. The Bertz CT molecular complexity index is 857. The second-order valence-electron chi connectivity index (χ2n) is 6.77. The highest BCUT2D eigenvalue weighted by molar-refractivity contribution is 7.89. The van der Waals surface area contributed by atoms with Crippen molar-refractivity contribution in [2.75, 3.05) is 6.54 Å². The van der Waals surface area contributed by atoms with Crippen molar-refractivity contribution in [3.05, 3.63) is 46.8 Å². The van der Waals surface area contributed by atoms with Crippen LogP contribution in [-0.2, 0) is 22.9 Å². The number of aryl methyl sites for hydroxylation is 3. The zero-order valence-electron chi connectivity index (χ0n) is 13.9. The zero-order valence-corrected chi connectivity index (χ0v) is 14.7. The summed E-state index contributed by atoms with van der Waals surface area (Å²) in [5, 5.41) is 4.04. The molecule has 2 aliphatic rings. The highest BCUT2D eigenvalue weighted by Gasteiger charge is 2.38. The van der Waals surface area contributed by atoms with Crippen molar-refractivity contribution >= 4 is 10.0 Å². The molecule has 2 heterocycles. The summed E-state index contributed by atoms with van der Waals surface area (Å²) in [6, 6.07) is 7.26. The maximum Gasteiger partial charge on any atom is 0.243 e. The minimum Gasteiger partial charge on any atom is -0.361 e. The van der Waals surface area contributed by atoms with E-state index in [9.17, 15) is 8.42 Å². The fourth-order valence-corrected chi connectivity index (χ4v) is 5.59. The predicted molar refractivity (Wildman–Crippen MR) is 90.2 cm³/mol.